The molecule has 0 saturated heterocycles. The van der Waals surface area contributed by atoms with E-state index in [2.05, 4.69) is 10.3 Å². The van der Waals surface area contributed by atoms with E-state index in [1.165, 1.54) is 10.8 Å². The lowest BCUT2D eigenvalue weighted by molar-refractivity contribution is -0.121. The van der Waals surface area contributed by atoms with Crippen LogP contribution in [0.3, 0.4) is 0 Å². The Labute approximate surface area is 92.3 Å². The van der Waals surface area contributed by atoms with E-state index < -0.39 is 5.69 Å². The number of rotatable bonds is 4. The Balaban J connectivity index is 3.01. The Kier molecular flexibility index (Phi) is 4.04. The van der Waals surface area contributed by atoms with Crippen LogP contribution >= 0.6 is 0 Å². The smallest absolute Gasteiger partial charge is 0.328 e. The minimum atomic E-state index is -0.562. The largest absolute Gasteiger partial charge is 0.355 e. The zero-order valence-corrected chi connectivity index (χ0v) is 9.37. The number of carbonyl (C=O) groups excluding carboxylic acids is 1. The van der Waals surface area contributed by atoms with Crippen molar-refractivity contribution in [3.8, 4) is 0 Å². The van der Waals surface area contributed by atoms with Gasteiger partial charge in [0.1, 0.15) is 6.54 Å². The van der Waals surface area contributed by atoms with Gasteiger partial charge in [0.15, 0.2) is 0 Å². The normalized spacial score (nSPS) is 10.1. The van der Waals surface area contributed by atoms with Crippen LogP contribution in [0.25, 0.3) is 0 Å². The van der Waals surface area contributed by atoms with Gasteiger partial charge in [-0.05, 0) is 13.3 Å². The van der Waals surface area contributed by atoms with Gasteiger partial charge >= 0.3 is 5.69 Å². The summed E-state index contributed by atoms with van der Waals surface area (Å²) >= 11 is 0. The van der Waals surface area contributed by atoms with Crippen LogP contribution in [0.1, 0.15) is 19.4 Å². The Morgan fingerprint density at radius 2 is 2.12 bits per heavy atom. The Bertz CT molecular complexity index is 487. The number of nitrogens with zero attached hydrogens (tertiary/aromatic N) is 1. The second-order valence-corrected chi connectivity index (χ2v) is 3.35. The number of aryl methyl sites for hydroxylation is 1. The number of amides is 1. The van der Waals surface area contributed by atoms with Gasteiger partial charge in [-0.15, -0.1) is 0 Å². The summed E-state index contributed by atoms with van der Waals surface area (Å²) in [5, 5.41) is 2.58. The van der Waals surface area contributed by atoms with E-state index in [1.807, 2.05) is 6.92 Å². The van der Waals surface area contributed by atoms with Crippen LogP contribution < -0.4 is 16.6 Å². The fraction of sp³-hybridized carbons (Fsp3) is 0.500. The molecule has 0 spiro atoms. The standard InChI is InChI=1S/C10H15N3O3/c1-3-7-5-13(6-8(14)11-4-2)10(16)12-9(7)15/h5H,3-4,6H2,1-2H3,(H,11,14)(H,12,15,16). The number of carbonyl (C=O) groups is 1. The first-order valence-electron chi connectivity index (χ1n) is 5.17. The lowest BCUT2D eigenvalue weighted by Crippen LogP contribution is -2.36. The molecular formula is C10H15N3O3. The van der Waals surface area contributed by atoms with Gasteiger partial charge < -0.3 is 5.32 Å². The molecule has 0 unspecified atom stereocenters. The molecule has 0 aromatic carbocycles. The summed E-state index contributed by atoms with van der Waals surface area (Å²) in [7, 11) is 0. The number of hydrogen-bond acceptors (Lipinski definition) is 3. The summed E-state index contributed by atoms with van der Waals surface area (Å²) in [5.41, 5.74) is -0.461. The third-order valence-electron chi connectivity index (χ3n) is 2.15. The van der Waals surface area contributed by atoms with Crippen molar-refractivity contribution in [3.63, 3.8) is 0 Å². The number of likely N-dealkylation sites (N-methyl/N-ethyl adjacent to an activating group) is 1. The van der Waals surface area contributed by atoms with Crippen molar-refractivity contribution in [1.82, 2.24) is 14.9 Å². The van der Waals surface area contributed by atoms with Gasteiger partial charge in [-0.1, -0.05) is 6.92 Å². The summed E-state index contributed by atoms with van der Waals surface area (Å²) in [4.78, 5) is 36.1. The molecule has 0 bridgehead atoms. The Morgan fingerprint density at radius 1 is 1.44 bits per heavy atom. The average Bonchev–Trinajstić information content (AvgIpc) is 2.22. The molecule has 0 aliphatic rings. The zero-order chi connectivity index (χ0) is 12.1. The van der Waals surface area contributed by atoms with Crippen LogP contribution in [0.5, 0.6) is 0 Å². The van der Waals surface area contributed by atoms with Crippen molar-refractivity contribution in [3.05, 3.63) is 32.6 Å². The van der Waals surface area contributed by atoms with Crippen molar-refractivity contribution in [2.24, 2.45) is 0 Å². The van der Waals surface area contributed by atoms with Crippen molar-refractivity contribution >= 4 is 5.91 Å². The second kappa shape index (κ2) is 5.29. The molecule has 0 atom stereocenters. The minimum Gasteiger partial charge on any atom is -0.355 e. The molecule has 1 heterocycles. The Hall–Kier alpha value is -1.85. The molecule has 1 amide bonds. The van der Waals surface area contributed by atoms with E-state index in [4.69, 9.17) is 0 Å². The van der Waals surface area contributed by atoms with E-state index in [0.29, 0.717) is 18.5 Å². The van der Waals surface area contributed by atoms with Gasteiger partial charge in [0, 0.05) is 18.3 Å². The average molecular weight is 225 g/mol. The maximum atomic E-state index is 11.4. The van der Waals surface area contributed by atoms with Crippen LogP contribution in [0, 0.1) is 0 Å². The van der Waals surface area contributed by atoms with Gasteiger partial charge in [0.05, 0.1) is 0 Å². The van der Waals surface area contributed by atoms with Gasteiger partial charge in [-0.25, -0.2) is 4.79 Å². The lowest BCUT2D eigenvalue weighted by Gasteiger charge is -2.06. The molecule has 88 valence electrons. The third-order valence-corrected chi connectivity index (χ3v) is 2.15. The molecule has 2 N–H and O–H groups in total. The van der Waals surface area contributed by atoms with Gasteiger partial charge in [0.25, 0.3) is 5.56 Å². The fourth-order valence-electron chi connectivity index (χ4n) is 1.33. The maximum Gasteiger partial charge on any atom is 0.328 e. The van der Waals surface area contributed by atoms with E-state index in [-0.39, 0.29) is 18.0 Å². The zero-order valence-electron chi connectivity index (χ0n) is 9.37. The minimum absolute atomic E-state index is 0.0730. The molecule has 0 radical (unpaired) electrons. The van der Waals surface area contributed by atoms with E-state index in [1.54, 1.807) is 6.92 Å². The number of H-pyrrole nitrogens is 1. The predicted octanol–water partition coefficient (Wildman–Crippen LogP) is -0.765. The first-order valence-corrected chi connectivity index (χ1v) is 5.17. The first kappa shape index (κ1) is 12.2. The van der Waals surface area contributed by atoms with Gasteiger partial charge in [-0.3, -0.25) is 19.1 Å². The van der Waals surface area contributed by atoms with Crippen LogP contribution in [-0.2, 0) is 17.8 Å². The summed E-state index contributed by atoms with van der Waals surface area (Å²) in [6.45, 7) is 4.05. The lowest BCUT2D eigenvalue weighted by atomic mass is 10.2. The van der Waals surface area contributed by atoms with Crippen molar-refractivity contribution < 1.29 is 4.79 Å². The number of nitrogens with one attached hydrogen (secondary N) is 2. The molecule has 6 heteroatoms. The molecule has 1 aromatic heterocycles. The quantitative estimate of drug-likeness (QED) is 0.706. The number of hydrogen-bond donors (Lipinski definition) is 2. The summed E-state index contributed by atoms with van der Waals surface area (Å²) in [6, 6.07) is 0. The highest BCUT2D eigenvalue weighted by atomic mass is 16.2. The van der Waals surface area contributed by atoms with E-state index in [0.717, 1.165) is 0 Å². The summed E-state index contributed by atoms with van der Waals surface area (Å²) in [5.74, 6) is -0.251. The molecule has 1 rings (SSSR count). The second-order valence-electron chi connectivity index (χ2n) is 3.35. The Morgan fingerprint density at radius 3 is 2.69 bits per heavy atom. The molecule has 0 aliphatic carbocycles. The predicted molar refractivity (Wildman–Crippen MR) is 59.4 cm³/mol. The maximum absolute atomic E-state index is 11.4. The number of aromatic nitrogens is 2. The van der Waals surface area contributed by atoms with Crippen LogP contribution in [0.4, 0.5) is 0 Å². The van der Waals surface area contributed by atoms with E-state index >= 15 is 0 Å². The first-order chi connectivity index (χ1) is 7.58. The number of aromatic amines is 1. The van der Waals surface area contributed by atoms with Crippen LogP contribution in [-0.4, -0.2) is 22.0 Å². The SMILES string of the molecule is CCNC(=O)Cn1cc(CC)c(=O)[nH]c1=O. The molecule has 0 aliphatic heterocycles. The molecule has 0 saturated carbocycles. The summed E-state index contributed by atoms with van der Waals surface area (Å²) < 4.78 is 1.20. The van der Waals surface area contributed by atoms with Crippen LogP contribution in [0.2, 0.25) is 0 Å². The van der Waals surface area contributed by atoms with Crippen molar-refractivity contribution in [2.45, 2.75) is 26.8 Å². The molecular weight excluding hydrogens is 210 g/mol. The summed E-state index contributed by atoms with van der Waals surface area (Å²) in [6.07, 6.45) is 1.95. The topological polar surface area (TPSA) is 84.0 Å². The van der Waals surface area contributed by atoms with Gasteiger partial charge in [-0.2, -0.15) is 0 Å². The van der Waals surface area contributed by atoms with Crippen LogP contribution in [0.15, 0.2) is 15.8 Å². The van der Waals surface area contributed by atoms with Crippen molar-refractivity contribution in [1.29, 1.82) is 0 Å². The third kappa shape index (κ3) is 2.82. The highest BCUT2D eigenvalue weighted by Gasteiger charge is 2.06. The molecule has 6 nitrogen and oxygen atoms in total. The molecule has 1 aromatic rings. The molecule has 0 fully saturated rings. The highest BCUT2D eigenvalue weighted by Crippen LogP contribution is 1.88. The highest BCUT2D eigenvalue weighted by molar-refractivity contribution is 5.75. The molecule has 16 heavy (non-hydrogen) atoms. The van der Waals surface area contributed by atoms with Crippen molar-refractivity contribution in [2.75, 3.05) is 6.54 Å². The fourth-order valence-corrected chi connectivity index (χ4v) is 1.33. The monoisotopic (exact) mass is 225 g/mol. The van der Waals surface area contributed by atoms with Gasteiger partial charge in [0.2, 0.25) is 5.91 Å². The van der Waals surface area contributed by atoms with E-state index in [9.17, 15) is 14.4 Å².